The van der Waals surface area contributed by atoms with Crippen LogP contribution in [0.4, 0.5) is 27.6 Å². The lowest BCUT2D eigenvalue weighted by Gasteiger charge is -2.12. The second-order valence-corrected chi connectivity index (χ2v) is 7.75. The third kappa shape index (κ3) is 4.67. The molecule has 158 valence electrons. The fraction of sp³-hybridized carbons (Fsp3) is 0.105. The van der Waals surface area contributed by atoms with Crippen LogP contribution in [0.1, 0.15) is 11.1 Å². The number of sulfonamides is 1. The number of anilines is 1. The van der Waals surface area contributed by atoms with Crippen LogP contribution in [0.15, 0.2) is 59.6 Å². The maximum atomic E-state index is 14.3. The molecule has 1 aromatic heterocycles. The number of pyridine rings is 1. The van der Waals surface area contributed by atoms with Gasteiger partial charge >= 0.3 is 6.18 Å². The summed E-state index contributed by atoms with van der Waals surface area (Å²) in [7, 11) is -4.19. The van der Waals surface area contributed by atoms with Crippen LogP contribution < -0.4 is 9.46 Å². The topological polar surface area (TPSA) is 68.3 Å². The maximum Gasteiger partial charge on any atom is 0.417 e. The SMILES string of the molecule is Cc1c(F)cccc1S(=O)(=O)Nc1ccc(Oc2ccc(C(F)(F)F)cn2)c(F)c1. The van der Waals surface area contributed by atoms with E-state index < -0.39 is 33.4 Å². The number of alkyl halides is 3. The predicted molar refractivity (Wildman–Crippen MR) is 97.7 cm³/mol. The molecule has 0 bridgehead atoms. The summed E-state index contributed by atoms with van der Waals surface area (Å²) in [4.78, 5) is 3.16. The van der Waals surface area contributed by atoms with E-state index >= 15 is 0 Å². The summed E-state index contributed by atoms with van der Waals surface area (Å²) in [5.74, 6) is -2.37. The number of halogens is 5. The Morgan fingerprint density at radius 1 is 1.00 bits per heavy atom. The molecular weight excluding hydrogens is 431 g/mol. The van der Waals surface area contributed by atoms with Crippen LogP contribution in [0, 0.1) is 18.6 Å². The van der Waals surface area contributed by atoms with E-state index in [9.17, 15) is 30.4 Å². The minimum atomic E-state index is -4.57. The second-order valence-electron chi connectivity index (χ2n) is 6.10. The van der Waals surface area contributed by atoms with Gasteiger partial charge in [-0.15, -0.1) is 0 Å². The molecule has 3 aromatic rings. The van der Waals surface area contributed by atoms with Gasteiger partial charge in [-0.1, -0.05) is 6.07 Å². The molecule has 0 unspecified atom stereocenters. The Morgan fingerprint density at radius 2 is 1.73 bits per heavy atom. The summed E-state index contributed by atoms with van der Waals surface area (Å²) in [5, 5.41) is 0. The Morgan fingerprint density at radius 3 is 2.33 bits per heavy atom. The minimum Gasteiger partial charge on any atom is -0.436 e. The van der Waals surface area contributed by atoms with E-state index in [4.69, 9.17) is 4.74 Å². The van der Waals surface area contributed by atoms with Crippen molar-refractivity contribution in [3.05, 3.63) is 77.5 Å². The fourth-order valence-corrected chi connectivity index (χ4v) is 3.76. The van der Waals surface area contributed by atoms with E-state index in [0.717, 1.165) is 30.3 Å². The summed E-state index contributed by atoms with van der Waals surface area (Å²) < 4.78 is 97.7. The first-order valence-electron chi connectivity index (χ1n) is 8.26. The highest BCUT2D eigenvalue weighted by atomic mass is 32.2. The first-order chi connectivity index (χ1) is 14.0. The largest absolute Gasteiger partial charge is 0.436 e. The Labute approximate surface area is 168 Å². The summed E-state index contributed by atoms with van der Waals surface area (Å²) in [6.07, 6.45) is -4.04. The van der Waals surface area contributed by atoms with Gasteiger partial charge in [0.25, 0.3) is 10.0 Å². The molecule has 0 aliphatic rings. The van der Waals surface area contributed by atoms with Gasteiger partial charge in [0.1, 0.15) is 5.82 Å². The molecule has 0 saturated carbocycles. The Kier molecular flexibility index (Phi) is 5.66. The molecule has 0 fully saturated rings. The molecule has 0 radical (unpaired) electrons. The van der Waals surface area contributed by atoms with Crippen molar-refractivity contribution in [3.8, 4) is 11.6 Å². The molecule has 0 aliphatic heterocycles. The molecule has 2 aromatic carbocycles. The smallest absolute Gasteiger partial charge is 0.417 e. The molecule has 0 atom stereocenters. The molecule has 1 heterocycles. The van der Waals surface area contributed by atoms with Crippen LogP contribution in [0.2, 0.25) is 0 Å². The van der Waals surface area contributed by atoms with E-state index in [0.29, 0.717) is 6.20 Å². The average molecular weight is 444 g/mol. The van der Waals surface area contributed by atoms with Gasteiger partial charge in [-0.25, -0.2) is 22.2 Å². The highest BCUT2D eigenvalue weighted by molar-refractivity contribution is 7.92. The Balaban J connectivity index is 1.79. The van der Waals surface area contributed by atoms with Gasteiger partial charge in [0.2, 0.25) is 5.88 Å². The lowest BCUT2D eigenvalue weighted by molar-refractivity contribution is -0.137. The highest BCUT2D eigenvalue weighted by Gasteiger charge is 2.30. The van der Waals surface area contributed by atoms with Crippen molar-refractivity contribution in [1.82, 2.24) is 4.98 Å². The highest BCUT2D eigenvalue weighted by Crippen LogP contribution is 2.31. The van der Waals surface area contributed by atoms with Crippen LogP contribution in [-0.4, -0.2) is 13.4 Å². The zero-order chi connectivity index (χ0) is 22.1. The quantitative estimate of drug-likeness (QED) is 0.544. The zero-order valence-electron chi connectivity index (χ0n) is 15.2. The number of rotatable bonds is 5. The Hall–Kier alpha value is -3.21. The van der Waals surface area contributed by atoms with Gasteiger partial charge in [0.15, 0.2) is 11.6 Å². The van der Waals surface area contributed by atoms with Gasteiger partial charge < -0.3 is 4.74 Å². The summed E-state index contributed by atoms with van der Waals surface area (Å²) in [6.45, 7) is 1.29. The van der Waals surface area contributed by atoms with Gasteiger partial charge in [-0.2, -0.15) is 13.2 Å². The van der Waals surface area contributed by atoms with Gasteiger partial charge in [0.05, 0.1) is 16.1 Å². The zero-order valence-corrected chi connectivity index (χ0v) is 16.0. The number of ether oxygens (including phenoxy) is 1. The second kappa shape index (κ2) is 7.90. The van der Waals surface area contributed by atoms with Crippen molar-refractivity contribution in [1.29, 1.82) is 0 Å². The van der Waals surface area contributed by atoms with Crippen LogP contribution in [0.25, 0.3) is 0 Å². The van der Waals surface area contributed by atoms with Crippen molar-refractivity contribution in [3.63, 3.8) is 0 Å². The lowest BCUT2D eigenvalue weighted by Crippen LogP contribution is -2.15. The van der Waals surface area contributed by atoms with Gasteiger partial charge in [-0.05, 0) is 37.3 Å². The molecule has 0 amide bonds. The van der Waals surface area contributed by atoms with Crippen molar-refractivity contribution in [2.75, 3.05) is 4.72 Å². The van der Waals surface area contributed by atoms with E-state index in [1.54, 1.807) is 0 Å². The number of nitrogens with zero attached hydrogens (tertiary/aromatic N) is 1. The van der Waals surface area contributed by atoms with Crippen molar-refractivity contribution in [2.24, 2.45) is 0 Å². The number of aromatic nitrogens is 1. The molecule has 1 N–H and O–H groups in total. The van der Waals surface area contributed by atoms with Crippen LogP contribution >= 0.6 is 0 Å². The minimum absolute atomic E-state index is 0.0983. The molecule has 30 heavy (non-hydrogen) atoms. The standard InChI is InChI=1S/C19H13F5N2O3S/c1-11-14(20)3-2-4-17(11)30(27,28)26-13-6-7-16(15(21)9-13)29-18-8-5-12(10-25-18)19(22,23)24/h2-10,26H,1H3. The van der Waals surface area contributed by atoms with E-state index in [1.807, 2.05) is 0 Å². The van der Waals surface area contributed by atoms with E-state index in [1.165, 1.54) is 25.1 Å². The molecule has 5 nitrogen and oxygen atoms in total. The summed E-state index contributed by atoms with van der Waals surface area (Å²) in [6, 6.07) is 8.24. The number of nitrogens with one attached hydrogen (secondary N) is 1. The third-order valence-corrected chi connectivity index (χ3v) is 5.50. The van der Waals surface area contributed by atoms with Gasteiger partial charge in [-0.3, -0.25) is 4.72 Å². The molecule has 0 saturated heterocycles. The lowest BCUT2D eigenvalue weighted by atomic mass is 10.2. The number of hydrogen-bond donors (Lipinski definition) is 1. The molecular formula is C19H13F5N2O3S. The average Bonchev–Trinajstić information content (AvgIpc) is 2.65. The molecule has 0 spiro atoms. The summed E-state index contributed by atoms with van der Waals surface area (Å²) in [5.41, 5.74) is -1.25. The summed E-state index contributed by atoms with van der Waals surface area (Å²) >= 11 is 0. The fourth-order valence-electron chi connectivity index (χ4n) is 2.46. The predicted octanol–water partition coefficient (Wildman–Crippen LogP) is 5.28. The van der Waals surface area contributed by atoms with Crippen molar-refractivity contribution < 1.29 is 35.1 Å². The first-order valence-corrected chi connectivity index (χ1v) is 9.74. The van der Waals surface area contributed by atoms with Crippen molar-refractivity contribution in [2.45, 2.75) is 18.0 Å². The van der Waals surface area contributed by atoms with Crippen LogP contribution in [0.3, 0.4) is 0 Å². The van der Waals surface area contributed by atoms with Gasteiger partial charge in [0, 0.05) is 23.9 Å². The van der Waals surface area contributed by atoms with E-state index in [2.05, 4.69) is 9.71 Å². The third-order valence-electron chi connectivity index (χ3n) is 3.97. The van der Waals surface area contributed by atoms with Crippen LogP contribution in [0.5, 0.6) is 11.6 Å². The molecule has 0 aliphatic carbocycles. The monoisotopic (exact) mass is 444 g/mol. The molecule has 11 heteroatoms. The van der Waals surface area contributed by atoms with Crippen LogP contribution in [-0.2, 0) is 16.2 Å². The van der Waals surface area contributed by atoms with E-state index in [-0.39, 0.29) is 27.8 Å². The Bertz CT molecular complexity index is 1180. The van der Waals surface area contributed by atoms with Crippen molar-refractivity contribution >= 4 is 15.7 Å². The maximum absolute atomic E-state index is 14.3. The molecule has 3 rings (SSSR count). The number of hydrogen-bond acceptors (Lipinski definition) is 4. The number of benzene rings is 2. The normalized spacial score (nSPS) is 11.9. The first kappa shape index (κ1) is 21.5.